The Kier molecular flexibility index (Phi) is 6.11. The number of hydrogen-bond donors (Lipinski definition) is 1. The summed E-state index contributed by atoms with van der Waals surface area (Å²) >= 11 is 0. The van der Waals surface area contributed by atoms with Crippen LogP contribution in [0, 0.1) is 10.1 Å². The summed E-state index contributed by atoms with van der Waals surface area (Å²) in [5, 5.41) is 13.2. The van der Waals surface area contributed by atoms with Crippen molar-refractivity contribution in [1.29, 1.82) is 0 Å². The first-order valence-corrected chi connectivity index (χ1v) is 7.60. The van der Waals surface area contributed by atoms with Crippen molar-refractivity contribution in [2.24, 2.45) is 0 Å². The van der Waals surface area contributed by atoms with Crippen molar-refractivity contribution in [3.8, 4) is 0 Å². The smallest absolute Gasteiger partial charge is 0.271 e. The number of hydrogen-bond acceptors (Lipinski definition) is 5. The number of nitro groups is 1. The third-order valence-electron chi connectivity index (χ3n) is 3.43. The Morgan fingerprint density at radius 3 is 2.36 bits per heavy atom. The fourth-order valence-corrected chi connectivity index (χ4v) is 2.17. The molecule has 128 valence electrons. The van der Waals surface area contributed by atoms with Gasteiger partial charge in [0.2, 0.25) is 5.91 Å². The third kappa shape index (κ3) is 5.65. The maximum Gasteiger partial charge on any atom is 0.271 e. The highest BCUT2D eigenvalue weighted by atomic mass is 16.6. The fourth-order valence-electron chi connectivity index (χ4n) is 2.17. The minimum Gasteiger partial charge on any atom is -0.326 e. The van der Waals surface area contributed by atoms with Crippen molar-refractivity contribution in [3.63, 3.8) is 0 Å². The molecule has 0 radical (unpaired) electrons. The van der Waals surface area contributed by atoms with Gasteiger partial charge < -0.3 is 5.32 Å². The molecule has 0 aliphatic rings. The molecule has 7 heteroatoms. The molecule has 7 nitrogen and oxygen atoms in total. The first-order chi connectivity index (χ1) is 12.0. The molecular formula is C18H16N2O5. The van der Waals surface area contributed by atoms with Gasteiger partial charge in [-0.25, -0.2) is 0 Å². The molecule has 25 heavy (non-hydrogen) atoms. The van der Waals surface area contributed by atoms with Gasteiger partial charge in [0, 0.05) is 36.2 Å². The van der Waals surface area contributed by atoms with Crippen LogP contribution in [0.2, 0.25) is 0 Å². The summed E-state index contributed by atoms with van der Waals surface area (Å²) in [4.78, 5) is 45.7. The second kappa shape index (κ2) is 8.49. The minimum atomic E-state index is -0.561. The second-order valence-corrected chi connectivity index (χ2v) is 5.36. The Morgan fingerprint density at radius 2 is 1.68 bits per heavy atom. The highest BCUT2D eigenvalue weighted by Crippen LogP contribution is 2.17. The number of Topliss-reactive ketones (excluding diaryl/α,β-unsaturated/α-hetero) is 2. The van der Waals surface area contributed by atoms with E-state index < -0.39 is 10.8 Å². The van der Waals surface area contributed by atoms with Gasteiger partial charge in [-0.2, -0.15) is 0 Å². The van der Waals surface area contributed by atoms with E-state index in [4.69, 9.17) is 0 Å². The number of amides is 1. The molecule has 1 N–H and O–H groups in total. The predicted octanol–water partition coefficient (Wildman–Crippen LogP) is 3.16. The largest absolute Gasteiger partial charge is 0.326 e. The number of carbonyl (C=O) groups excluding carboxylic acids is 3. The lowest BCUT2D eigenvalue weighted by molar-refractivity contribution is -0.384. The Hall–Kier alpha value is -3.35. The van der Waals surface area contributed by atoms with Crippen LogP contribution < -0.4 is 5.32 Å². The normalized spacial score (nSPS) is 10.1. The fraction of sp³-hybridized carbons (Fsp3) is 0.167. The summed E-state index contributed by atoms with van der Waals surface area (Å²) in [6, 6.07) is 14.0. The first-order valence-electron chi connectivity index (χ1n) is 7.60. The van der Waals surface area contributed by atoms with Gasteiger partial charge in [0.25, 0.3) is 5.69 Å². The number of benzene rings is 2. The van der Waals surface area contributed by atoms with Gasteiger partial charge >= 0.3 is 0 Å². The summed E-state index contributed by atoms with van der Waals surface area (Å²) in [7, 11) is 0. The highest BCUT2D eigenvalue weighted by Gasteiger charge is 2.14. The number of nitro benzene ring substituents is 1. The van der Waals surface area contributed by atoms with Crippen LogP contribution in [0.25, 0.3) is 0 Å². The van der Waals surface area contributed by atoms with Gasteiger partial charge in [0.15, 0.2) is 5.78 Å². The zero-order chi connectivity index (χ0) is 18.2. The standard InChI is InChI=1S/C18H16N2O5/c21-16(12-17(22)13-5-2-1-3-6-13)9-10-18(23)19-14-7-4-8-15(11-14)20(24)25/h1-8,11H,9-10,12H2,(H,19,23). The van der Waals surface area contributed by atoms with Crippen molar-refractivity contribution in [2.45, 2.75) is 19.3 Å². The molecule has 2 aromatic rings. The van der Waals surface area contributed by atoms with Crippen LogP contribution in [0.3, 0.4) is 0 Å². The Morgan fingerprint density at radius 1 is 0.960 bits per heavy atom. The van der Waals surface area contributed by atoms with E-state index in [1.54, 1.807) is 30.3 Å². The van der Waals surface area contributed by atoms with Crippen molar-refractivity contribution in [1.82, 2.24) is 0 Å². The number of anilines is 1. The van der Waals surface area contributed by atoms with Gasteiger partial charge in [0.05, 0.1) is 11.3 Å². The number of carbonyl (C=O) groups is 3. The molecule has 0 spiro atoms. The monoisotopic (exact) mass is 340 g/mol. The average Bonchev–Trinajstić information content (AvgIpc) is 2.61. The molecule has 0 bridgehead atoms. The van der Waals surface area contributed by atoms with Crippen LogP contribution in [0.5, 0.6) is 0 Å². The molecule has 0 fully saturated rings. The van der Waals surface area contributed by atoms with E-state index in [1.807, 2.05) is 0 Å². The average molecular weight is 340 g/mol. The maximum absolute atomic E-state index is 11.9. The maximum atomic E-state index is 11.9. The third-order valence-corrected chi connectivity index (χ3v) is 3.43. The minimum absolute atomic E-state index is 0.0701. The quantitative estimate of drug-likeness (QED) is 0.344. The summed E-state index contributed by atoms with van der Waals surface area (Å²) in [6.07, 6.45) is -0.420. The molecule has 0 aliphatic carbocycles. The Balaban J connectivity index is 1.81. The van der Waals surface area contributed by atoms with E-state index in [1.165, 1.54) is 24.3 Å². The summed E-state index contributed by atoms with van der Waals surface area (Å²) in [5.41, 5.74) is 0.603. The lowest BCUT2D eigenvalue weighted by Crippen LogP contribution is -2.15. The molecule has 0 unspecified atom stereocenters. The van der Waals surface area contributed by atoms with Gasteiger partial charge in [-0.05, 0) is 6.07 Å². The van der Waals surface area contributed by atoms with E-state index in [0.717, 1.165) is 0 Å². The SMILES string of the molecule is O=C(CCC(=O)Nc1cccc([N+](=O)[O-])c1)CC(=O)c1ccccc1. The van der Waals surface area contributed by atoms with Crippen LogP contribution in [-0.2, 0) is 9.59 Å². The van der Waals surface area contributed by atoms with Crippen LogP contribution in [0.15, 0.2) is 54.6 Å². The van der Waals surface area contributed by atoms with Gasteiger partial charge in [0.1, 0.15) is 5.78 Å². The number of nitrogens with zero attached hydrogens (tertiary/aromatic N) is 1. The second-order valence-electron chi connectivity index (χ2n) is 5.36. The van der Waals surface area contributed by atoms with E-state index in [0.29, 0.717) is 5.56 Å². The van der Waals surface area contributed by atoms with Gasteiger partial charge in [-0.3, -0.25) is 24.5 Å². The van der Waals surface area contributed by atoms with E-state index in [-0.39, 0.29) is 42.2 Å². The van der Waals surface area contributed by atoms with Crippen molar-refractivity contribution >= 4 is 28.8 Å². The molecule has 0 heterocycles. The highest BCUT2D eigenvalue weighted by molar-refractivity contribution is 6.08. The number of ketones is 2. The van der Waals surface area contributed by atoms with Crippen molar-refractivity contribution in [2.75, 3.05) is 5.32 Å². The zero-order valence-corrected chi connectivity index (χ0v) is 13.3. The lowest BCUT2D eigenvalue weighted by atomic mass is 10.0. The topological polar surface area (TPSA) is 106 Å². The molecular weight excluding hydrogens is 324 g/mol. The number of rotatable bonds is 8. The molecule has 0 atom stereocenters. The van der Waals surface area contributed by atoms with Crippen molar-refractivity contribution < 1.29 is 19.3 Å². The van der Waals surface area contributed by atoms with E-state index in [9.17, 15) is 24.5 Å². The molecule has 0 aliphatic heterocycles. The molecule has 2 aromatic carbocycles. The molecule has 0 saturated carbocycles. The molecule has 2 rings (SSSR count). The van der Waals surface area contributed by atoms with Crippen LogP contribution >= 0.6 is 0 Å². The number of nitrogens with one attached hydrogen (secondary N) is 1. The zero-order valence-electron chi connectivity index (χ0n) is 13.3. The van der Waals surface area contributed by atoms with Gasteiger partial charge in [-0.15, -0.1) is 0 Å². The van der Waals surface area contributed by atoms with Crippen molar-refractivity contribution in [3.05, 3.63) is 70.3 Å². The predicted molar refractivity (Wildman–Crippen MR) is 91.4 cm³/mol. The van der Waals surface area contributed by atoms with E-state index in [2.05, 4.69) is 5.32 Å². The summed E-state index contributed by atoms with van der Waals surface area (Å²) in [6.45, 7) is 0. The summed E-state index contributed by atoms with van der Waals surface area (Å²) < 4.78 is 0. The van der Waals surface area contributed by atoms with Crippen LogP contribution in [0.4, 0.5) is 11.4 Å². The Labute approximate surface area is 143 Å². The molecule has 0 aromatic heterocycles. The number of non-ortho nitro benzene ring substituents is 1. The summed E-state index contributed by atoms with van der Waals surface area (Å²) in [5.74, 6) is -1.06. The Bertz CT molecular complexity index is 802. The molecule has 1 amide bonds. The van der Waals surface area contributed by atoms with Crippen LogP contribution in [-0.4, -0.2) is 22.4 Å². The van der Waals surface area contributed by atoms with E-state index >= 15 is 0 Å². The van der Waals surface area contributed by atoms with Crippen LogP contribution in [0.1, 0.15) is 29.6 Å². The van der Waals surface area contributed by atoms with Gasteiger partial charge in [-0.1, -0.05) is 36.4 Å². The first kappa shape index (κ1) is 18.0. The lowest BCUT2D eigenvalue weighted by Gasteiger charge is -2.05. The molecule has 0 saturated heterocycles.